The van der Waals surface area contributed by atoms with Gasteiger partial charge in [-0.3, -0.25) is 0 Å². The highest BCUT2D eigenvalue weighted by Crippen LogP contribution is 2.43. The van der Waals surface area contributed by atoms with Crippen molar-refractivity contribution in [2.75, 3.05) is 13.7 Å². The standard InChI is InChI=1S/C17H17BrN2O4/c1-4-23-17(21)14-9(2)24-16(20)12(8-19)15(14)11-7-10(22-3)5-6-13(11)18/h5-7,15H,4,20H2,1-3H3. The van der Waals surface area contributed by atoms with Crippen molar-refractivity contribution in [1.82, 2.24) is 0 Å². The minimum atomic E-state index is -0.702. The summed E-state index contributed by atoms with van der Waals surface area (Å²) < 4.78 is 16.5. The van der Waals surface area contributed by atoms with Crippen molar-refractivity contribution in [2.45, 2.75) is 19.8 Å². The highest BCUT2D eigenvalue weighted by Gasteiger charge is 2.37. The Morgan fingerprint density at radius 1 is 1.50 bits per heavy atom. The number of hydrogen-bond acceptors (Lipinski definition) is 6. The van der Waals surface area contributed by atoms with Crippen LogP contribution in [0.1, 0.15) is 25.3 Å². The molecule has 2 N–H and O–H groups in total. The molecule has 1 heterocycles. The van der Waals surface area contributed by atoms with Gasteiger partial charge in [0, 0.05) is 4.47 Å². The predicted molar refractivity (Wildman–Crippen MR) is 90.7 cm³/mol. The van der Waals surface area contributed by atoms with Gasteiger partial charge in [-0.15, -0.1) is 0 Å². The monoisotopic (exact) mass is 392 g/mol. The van der Waals surface area contributed by atoms with Gasteiger partial charge in [0.25, 0.3) is 0 Å². The molecule has 1 aromatic carbocycles. The first-order chi connectivity index (χ1) is 11.4. The molecule has 1 unspecified atom stereocenters. The molecule has 24 heavy (non-hydrogen) atoms. The van der Waals surface area contributed by atoms with Gasteiger partial charge >= 0.3 is 5.97 Å². The van der Waals surface area contributed by atoms with E-state index in [9.17, 15) is 10.1 Å². The molecule has 0 radical (unpaired) electrons. The molecule has 0 saturated heterocycles. The third-order valence-corrected chi connectivity index (χ3v) is 4.34. The van der Waals surface area contributed by atoms with Crippen LogP contribution >= 0.6 is 15.9 Å². The maximum Gasteiger partial charge on any atom is 0.338 e. The van der Waals surface area contributed by atoms with E-state index in [1.807, 2.05) is 6.07 Å². The molecule has 0 spiro atoms. The summed E-state index contributed by atoms with van der Waals surface area (Å²) >= 11 is 3.46. The molecule has 0 saturated carbocycles. The number of carbonyl (C=O) groups excluding carboxylic acids is 1. The summed E-state index contributed by atoms with van der Waals surface area (Å²) in [6.45, 7) is 3.54. The minimum absolute atomic E-state index is 0.0252. The number of halogens is 1. The predicted octanol–water partition coefficient (Wildman–Crippen LogP) is 3.10. The number of benzene rings is 1. The van der Waals surface area contributed by atoms with Gasteiger partial charge in [0.1, 0.15) is 23.2 Å². The lowest BCUT2D eigenvalue weighted by molar-refractivity contribution is -0.139. The molecule has 7 heteroatoms. The maximum absolute atomic E-state index is 12.4. The van der Waals surface area contributed by atoms with E-state index in [0.717, 1.165) is 0 Å². The Morgan fingerprint density at radius 3 is 2.79 bits per heavy atom. The Balaban J connectivity index is 2.69. The average Bonchev–Trinajstić information content (AvgIpc) is 2.55. The number of carbonyl (C=O) groups is 1. The lowest BCUT2D eigenvalue weighted by Gasteiger charge is -2.27. The van der Waals surface area contributed by atoms with Crippen LogP contribution in [0.5, 0.6) is 5.75 Å². The molecule has 0 fully saturated rings. The highest BCUT2D eigenvalue weighted by molar-refractivity contribution is 9.10. The number of esters is 1. The Labute approximate surface area is 148 Å². The van der Waals surface area contributed by atoms with Crippen molar-refractivity contribution >= 4 is 21.9 Å². The van der Waals surface area contributed by atoms with Crippen molar-refractivity contribution in [3.63, 3.8) is 0 Å². The molecule has 6 nitrogen and oxygen atoms in total. The smallest absolute Gasteiger partial charge is 0.338 e. The topological polar surface area (TPSA) is 94.6 Å². The molecule has 2 rings (SSSR count). The number of hydrogen-bond donors (Lipinski definition) is 1. The molecule has 126 valence electrons. The van der Waals surface area contributed by atoms with Crippen LogP contribution in [0, 0.1) is 11.3 Å². The van der Waals surface area contributed by atoms with Gasteiger partial charge in [-0.25, -0.2) is 4.79 Å². The van der Waals surface area contributed by atoms with E-state index in [4.69, 9.17) is 19.9 Å². The van der Waals surface area contributed by atoms with E-state index in [2.05, 4.69) is 15.9 Å². The molecule has 1 aromatic rings. The summed E-state index contributed by atoms with van der Waals surface area (Å²) in [4.78, 5) is 12.4. The summed E-state index contributed by atoms with van der Waals surface area (Å²) in [6, 6.07) is 7.34. The number of nitrogens with two attached hydrogens (primary N) is 1. The number of nitrogens with zero attached hydrogens (tertiary/aromatic N) is 1. The fourth-order valence-corrected chi connectivity index (χ4v) is 3.01. The molecule has 0 amide bonds. The third-order valence-electron chi connectivity index (χ3n) is 3.62. The van der Waals surface area contributed by atoms with Crippen molar-refractivity contribution in [2.24, 2.45) is 5.73 Å². The summed E-state index contributed by atoms with van der Waals surface area (Å²) in [7, 11) is 1.54. The second-order valence-corrected chi connectivity index (χ2v) is 5.86. The molecule has 0 aromatic heterocycles. The number of nitriles is 1. The van der Waals surface area contributed by atoms with Crippen LogP contribution in [-0.2, 0) is 14.3 Å². The number of ether oxygens (including phenoxy) is 3. The Hall–Kier alpha value is -2.46. The molecular formula is C17H17BrN2O4. The lowest BCUT2D eigenvalue weighted by atomic mass is 9.83. The Kier molecular flexibility index (Phi) is 5.52. The van der Waals surface area contributed by atoms with E-state index in [1.165, 1.54) is 0 Å². The molecular weight excluding hydrogens is 376 g/mol. The lowest BCUT2D eigenvalue weighted by Crippen LogP contribution is -2.25. The second kappa shape index (κ2) is 7.41. The van der Waals surface area contributed by atoms with Gasteiger partial charge in [0.2, 0.25) is 5.88 Å². The van der Waals surface area contributed by atoms with E-state index in [-0.39, 0.29) is 23.6 Å². The number of rotatable bonds is 4. The van der Waals surface area contributed by atoms with Crippen LogP contribution in [0.25, 0.3) is 0 Å². The second-order valence-electron chi connectivity index (χ2n) is 5.00. The summed E-state index contributed by atoms with van der Waals surface area (Å²) in [6.07, 6.45) is 0. The summed E-state index contributed by atoms with van der Waals surface area (Å²) in [5.74, 6) is -0.369. The van der Waals surface area contributed by atoms with Crippen LogP contribution in [0.3, 0.4) is 0 Å². The van der Waals surface area contributed by atoms with Gasteiger partial charge in [0.05, 0.1) is 25.2 Å². The van der Waals surface area contributed by atoms with Crippen molar-refractivity contribution in [1.29, 1.82) is 5.26 Å². The Morgan fingerprint density at radius 2 is 2.21 bits per heavy atom. The maximum atomic E-state index is 12.4. The quantitative estimate of drug-likeness (QED) is 0.790. The zero-order valence-electron chi connectivity index (χ0n) is 13.6. The zero-order chi connectivity index (χ0) is 17.9. The van der Waals surface area contributed by atoms with Gasteiger partial charge in [0.15, 0.2) is 0 Å². The van der Waals surface area contributed by atoms with Crippen LogP contribution in [-0.4, -0.2) is 19.7 Å². The van der Waals surface area contributed by atoms with Crippen LogP contribution in [0.15, 0.2) is 45.5 Å². The van der Waals surface area contributed by atoms with Crippen molar-refractivity contribution < 1.29 is 19.0 Å². The number of methoxy groups -OCH3 is 1. The molecule has 1 aliphatic heterocycles. The third kappa shape index (κ3) is 3.24. The van der Waals surface area contributed by atoms with Gasteiger partial charge < -0.3 is 19.9 Å². The van der Waals surface area contributed by atoms with E-state index in [1.54, 1.807) is 39.2 Å². The first-order valence-corrected chi connectivity index (χ1v) is 8.02. The summed E-state index contributed by atoms with van der Waals surface area (Å²) in [5.41, 5.74) is 6.93. The van der Waals surface area contributed by atoms with E-state index < -0.39 is 11.9 Å². The van der Waals surface area contributed by atoms with Gasteiger partial charge in [-0.1, -0.05) is 15.9 Å². The van der Waals surface area contributed by atoms with E-state index in [0.29, 0.717) is 21.5 Å². The largest absolute Gasteiger partial charge is 0.497 e. The first kappa shape index (κ1) is 17.9. The fraction of sp³-hybridized carbons (Fsp3) is 0.294. The molecule has 1 aliphatic rings. The zero-order valence-corrected chi connectivity index (χ0v) is 15.1. The summed E-state index contributed by atoms with van der Waals surface area (Å²) in [5, 5.41) is 9.54. The van der Waals surface area contributed by atoms with E-state index >= 15 is 0 Å². The van der Waals surface area contributed by atoms with Crippen molar-refractivity contribution in [3.05, 3.63) is 51.0 Å². The van der Waals surface area contributed by atoms with Gasteiger partial charge in [-0.2, -0.15) is 5.26 Å². The average molecular weight is 393 g/mol. The molecule has 1 atom stereocenters. The number of allylic oxidation sites excluding steroid dienone is 2. The SMILES string of the molecule is CCOC(=O)C1=C(C)OC(N)=C(C#N)C1c1cc(OC)ccc1Br. The molecule has 0 aliphatic carbocycles. The highest BCUT2D eigenvalue weighted by atomic mass is 79.9. The van der Waals surface area contributed by atoms with Crippen molar-refractivity contribution in [3.8, 4) is 11.8 Å². The molecule has 0 bridgehead atoms. The minimum Gasteiger partial charge on any atom is -0.497 e. The first-order valence-electron chi connectivity index (χ1n) is 7.23. The fourth-order valence-electron chi connectivity index (χ4n) is 2.54. The Bertz CT molecular complexity index is 777. The van der Waals surface area contributed by atoms with Crippen LogP contribution in [0.2, 0.25) is 0 Å². The van der Waals surface area contributed by atoms with Crippen LogP contribution in [0.4, 0.5) is 0 Å². The van der Waals surface area contributed by atoms with Crippen LogP contribution < -0.4 is 10.5 Å². The normalized spacial score (nSPS) is 17.2. The van der Waals surface area contributed by atoms with Gasteiger partial charge in [-0.05, 0) is 37.6 Å².